The Balaban J connectivity index is 1.75. The van der Waals surface area contributed by atoms with Crippen molar-refractivity contribution < 1.29 is 4.79 Å². The van der Waals surface area contributed by atoms with Crippen molar-refractivity contribution in [3.05, 3.63) is 38.5 Å². The fourth-order valence-electron chi connectivity index (χ4n) is 1.62. The lowest BCUT2D eigenvalue weighted by atomic mass is 10.3. The van der Waals surface area contributed by atoms with Gasteiger partial charge < -0.3 is 10.2 Å². The largest absolute Gasteiger partial charge is 0.333 e. The van der Waals surface area contributed by atoms with Crippen molar-refractivity contribution in [1.82, 2.24) is 15.2 Å². The zero-order valence-electron chi connectivity index (χ0n) is 11.0. The summed E-state index contributed by atoms with van der Waals surface area (Å²) in [5.74, 6) is 0. The third kappa shape index (κ3) is 4.04. The van der Waals surface area contributed by atoms with E-state index in [1.54, 1.807) is 33.1 Å². The van der Waals surface area contributed by atoms with E-state index in [0.29, 0.717) is 6.54 Å². The highest BCUT2D eigenvalue weighted by Gasteiger charge is 2.09. The molecule has 2 rings (SSSR count). The van der Waals surface area contributed by atoms with Gasteiger partial charge in [-0.25, -0.2) is 9.78 Å². The molecule has 2 amide bonds. The van der Waals surface area contributed by atoms with Crippen LogP contribution in [0.25, 0.3) is 0 Å². The van der Waals surface area contributed by atoms with Crippen molar-refractivity contribution in [2.75, 3.05) is 13.6 Å². The number of hydrogen-bond acceptors (Lipinski definition) is 4. The number of aromatic nitrogens is 1. The summed E-state index contributed by atoms with van der Waals surface area (Å²) < 4.78 is 0. The van der Waals surface area contributed by atoms with Crippen LogP contribution in [0.15, 0.2) is 23.0 Å². The molecule has 6 heteroatoms. The molecule has 0 fully saturated rings. The Kier molecular flexibility index (Phi) is 4.93. The predicted molar refractivity (Wildman–Crippen MR) is 79.7 cm³/mol. The zero-order valence-corrected chi connectivity index (χ0v) is 12.7. The van der Waals surface area contributed by atoms with Gasteiger partial charge in [-0.2, -0.15) is 0 Å². The molecular weight excluding hydrogens is 278 g/mol. The highest BCUT2D eigenvalue weighted by Crippen LogP contribution is 2.12. The minimum atomic E-state index is -0.0376. The second kappa shape index (κ2) is 6.68. The smallest absolute Gasteiger partial charge is 0.317 e. The van der Waals surface area contributed by atoms with Crippen LogP contribution in [0.3, 0.4) is 0 Å². The van der Waals surface area contributed by atoms with Crippen LogP contribution in [0.4, 0.5) is 4.79 Å². The van der Waals surface area contributed by atoms with E-state index in [1.165, 1.54) is 4.88 Å². The Hall–Kier alpha value is -1.40. The number of aryl methyl sites for hydroxylation is 1. The number of amides is 2. The van der Waals surface area contributed by atoms with Gasteiger partial charge in [-0.1, -0.05) is 6.07 Å². The van der Waals surface area contributed by atoms with Gasteiger partial charge >= 0.3 is 6.03 Å². The fraction of sp³-hybridized carbons (Fsp3) is 0.385. The molecule has 0 spiro atoms. The van der Waals surface area contributed by atoms with Gasteiger partial charge in [-0.3, -0.25) is 0 Å². The number of hydrogen-bond donors (Lipinski definition) is 1. The highest BCUT2D eigenvalue weighted by atomic mass is 32.1. The van der Waals surface area contributed by atoms with Gasteiger partial charge in [0.2, 0.25) is 0 Å². The predicted octanol–water partition coefficient (Wildman–Crippen LogP) is 2.90. The Labute approximate surface area is 121 Å². The van der Waals surface area contributed by atoms with E-state index in [1.807, 2.05) is 20.0 Å². The van der Waals surface area contributed by atoms with Crippen molar-refractivity contribution in [3.8, 4) is 0 Å². The maximum atomic E-state index is 11.9. The summed E-state index contributed by atoms with van der Waals surface area (Å²) in [5, 5.41) is 4.97. The van der Waals surface area contributed by atoms with Crippen LogP contribution in [-0.2, 0) is 13.0 Å². The fourth-order valence-corrected chi connectivity index (χ4v) is 3.04. The number of thiophene rings is 1. The second-order valence-electron chi connectivity index (χ2n) is 4.27. The lowest BCUT2D eigenvalue weighted by molar-refractivity contribution is 0.209. The number of rotatable bonds is 5. The summed E-state index contributed by atoms with van der Waals surface area (Å²) in [6.45, 7) is 3.24. The van der Waals surface area contributed by atoms with Crippen LogP contribution in [-0.4, -0.2) is 29.5 Å². The SMILES string of the molecule is Cc1ncsc1CNC(=O)N(C)CCc1cccs1. The summed E-state index contributed by atoms with van der Waals surface area (Å²) in [4.78, 5) is 20.2. The summed E-state index contributed by atoms with van der Waals surface area (Å²) in [7, 11) is 1.82. The molecule has 0 bridgehead atoms. The number of nitrogens with one attached hydrogen (secondary N) is 1. The van der Waals surface area contributed by atoms with E-state index in [-0.39, 0.29) is 6.03 Å². The molecule has 2 aromatic rings. The molecule has 1 N–H and O–H groups in total. The number of nitrogens with zero attached hydrogens (tertiary/aromatic N) is 2. The van der Waals surface area contributed by atoms with Crippen LogP contribution < -0.4 is 5.32 Å². The molecule has 0 aliphatic carbocycles. The quantitative estimate of drug-likeness (QED) is 0.922. The molecule has 0 atom stereocenters. The molecule has 19 heavy (non-hydrogen) atoms. The van der Waals surface area contributed by atoms with E-state index in [0.717, 1.165) is 23.5 Å². The van der Waals surface area contributed by atoms with Gasteiger partial charge in [0.05, 0.1) is 17.7 Å². The molecule has 0 unspecified atom stereocenters. The molecular formula is C13H17N3OS2. The molecule has 2 heterocycles. The molecule has 0 aromatic carbocycles. The molecule has 0 radical (unpaired) electrons. The topological polar surface area (TPSA) is 45.2 Å². The van der Waals surface area contributed by atoms with Crippen molar-refractivity contribution in [1.29, 1.82) is 0 Å². The van der Waals surface area contributed by atoms with Crippen LogP contribution in [0.1, 0.15) is 15.4 Å². The number of likely N-dealkylation sites (N-methyl/N-ethyl adjacent to an activating group) is 1. The first-order valence-corrected chi connectivity index (χ1v) is 7.83. The third-order valence-electron chi connectivity index (χ3n) is 2.87. The summed E-state index contributed by atoms with van der Waals surface area (Å²) in [6, 6.07) is 4.09. The van der Waals surface area contributed by atoms with Gasteiger partial charge in [0.1, 0.15) is 0 Å². The summed E-state index contributed by atoms with van der Waals surface area (Å²) in [6.07, 6.45) is 0.904. The van der Waals surface area contributed by atoms with Gasteiger partial charge in [-0.05, 0) is 24.8 Å². The highest BCUT2D eigenvalue weighted by molar-refractivity contribution is 7.10. The zero-order chi connectivity index (χ0) is 13.7. The number of urea groups is 1. The molecule has 102 valence electrons. The first kappa shape index (κ1) is 14.0. The van der Waals surface area contributed by atoms with Gasteiger partial charge in [0.15, 0.2) is 0 Å². The number of carbonyl (C=O) groups excluding carboxylic acids is 1. The summed E-state index contributed by atoms with van der Waals surface area (Å²) >= 11 is 3.30. The van der Waals surface area contributed by atoms with E-state index >= 15 is 0 Å². The third-order valence-corrected chi connectivity index (χ3v) is 4.74. The average Bonchev–Trinajstić information content (AvgIpc) is 3.04. The van der Waals surface area contributed by atoms with Crippen LogP contribution in [0.2, 0.25) is 0 Å². The molecule has 0 aliphatic rings. The second-order valence-corrected chi connectivity index (χ2v) is 6.24. The minimum absolute atomic E-state index is 0.0376. The Morgan fingerprint density at radius 3 is 2.95 bits per heavy atom. The Morgan fingerprint density at radius 1 is 1.47 bits per heavy atom. The van der Waals surface area contributed by atoms with Crippen molar-refractivity contribution >= 4 is 28.7 Å². The lowest BCUT2D eigenvalue weighted by Crippen LogP contribution is -2.37. The Bertz CT molecular complexity index is 522. The molecule has 0 saturated heterocycles. The normalized spacial score (nSPS) is 10.4. The molecule has 0 aliphatic heterocycles. The van der Waals surface area contributed by atoms with E-state index < -0.39 is 0 Å². The number of carbonyl (C=O) groups is 1. The van der Waals surface area contributed by atoms with Crippen molar-refractivity contribution in [2.24, 2.45) is 0 Å². The lowest BCUT2D eigenvalue weighted by Gasteiger charge is -2.17. The van der Waals surface area contributed by atoms with Crippen molar-refractivity contribution in [2.45, 2.75) is 19.9 Å². The van der Waals surface area contributed by atoms with Gasteiger partial charge in [-0.15, -0.1) is 22.7 Å². The van der Waals surface area contributed by atoms with E-state index in [2.05, 4.69) is 21.7 Å². The molecule has 2 aromatic heterocycles. The number of thiazole rings is 1. The van der Waals surface area contributed by atoms with Gasteiger partial charge in [0.25, 0.3) is 0 Å². The first-order valence-electron chi connectivity index (χ1n) is 6.07. The van der Waals surface area contributed by atoms with Crippen LogP contribution in [0.5, 0.6) is 0 Å². The summed E-state index contributed by atoms with van der Waals surface area (Å²) in [5.41, 5.74) is 2.80. The van der Waals surface area contributed by atoms with Gasteiger partial charge in [0, 0.05) is 23.3 Å². The first-order chi connectivity index (χ1) is 9.16. The maximum Gasteiger partial charge on any atom is 0.317 e. The minimum Gasteiger partial charge on any atom is -0.333 e. The van der Waals surface area contributed by atoms with Crippen LogP contribution >= 0.6 is 22.7 Å². The maximum absolute atomic E-state index is 11.9. The Morgan fingerprint density at radius 2 is 2.32 bits per heavy atom. The van der Waals surface area contributed by atoms with Crippen LogP contribution in [0, 0.1) is 6.92 Å². The molecule has 4 nitrogen and oxygen atoms in total. The average molecular weight is 295 g/mol. The molecule has 0 saturated carbocycles. The monoisotopic (exact) mass is 295 g/mol. The van der Waals surface area contributed by atoms with E-state index in [4.69, 9.17) is 0 Å². The standard InChI is InChI=1S/C13H17N3OS2/c1-10-12(19-9-15-10)8-14-13(17)16(2)6-5-11-4-3-7-18-11/h3-4,7,9H,5-6,8H2,1-2H3,(H,14,17). The van der Waals surface area contributed by atoms with E-state index in [9.17, 15) is 4.79 Å². The van der Waals surface area contributed by atoms with Crippen molar-refractivity contribution in [3.63, 3.8) is 0 Å².